The van der Waals surface area contributed by atoms with Gasteiger partial charge in [0, 0.05) is 5.56 Å². The Morgan fingerprint density at radius 1 is 0.850 bits per heavy atom. The Kier molecular flexibility index (Phi) is 8.77. The number of unbranched alkanes of at least 4 members (excludes halogenated alkanes) is 6. The highest BCUT2D eigenvalue weighted by atomic mass is 35.5. The van der Waals surface area contributed by atoms with E-state index in [1.165, 1.54) is 50.5 Å². The van der Waals surface area contributed by atoms with Crippen molar-refractivity contribution in [2.24, 2.45) is 0 Å². The fourth-order valence-corrected chi connectivity index (χ4v) is 2.91. The maximum Gasteiger partial charge on any atom is 0.120 e. The summed E-state index contributed by atoms with van der Waals surface area (Å²) < 4.78 is 0. The molecule has 0 atom stereocenters. The third-order valence-corrected chi connectivity index (χ3v) is 4.35. The first-order valence-corrected chi connectivity index (χ1v) is 8.57. The number of benzene rings is 1. The molecule has 0 heterocycles. The van der Waals surface area contributed by atoms with Crippen molar-refractivity contribution >= 4 is 11.6 Å². The maximum atomic E-state index is 10.00. The number of rotatable bonds is 10. The Balaban J connectivity index is 2.59. The second kappa shape index (κ2) is 10.1. The Bertz CT molecular complexity index is 387. The van der Waals surface area contributed by atoms with E-state index in [1.54, 1.807) is 0 Å². The highest BCUT2D eigenvalue weighted by Crippen LogP contribution is 2.31. The van der Waals surface area contributed by atoms with Gasteiger partial charge in [-0.2, -0.15) is 0 Å². The summed E-state index contributed by atoms with van der Waals surface area (Å²) in [5.74, 6) is 0.365. The molecule has 0 bridgehead atoms. The van der Waals surface area contributed by atoms with E-state index in [2.05, 4.69) is 13.8 Å². The van der Waals surface area contributed by atoms with Crippen LogP contribution >= 0.6 is 11.6 Å². The molecule has 1 rings (SSSR count). The number of hydrogen-bond donors (Lipinski definition) is 1. The zero-order valence-electron chi connectivity index (χ0n) is 13.1. The monoisotopic (exact) mass is 296 g/mol. The predicted octanol–water partition coefficient (Wildman–Crippen LogP) is 6.29. The van der Waals surface area contributed by atoms with Crippen LogP contribution in [0.1, 0.15) is 76.3 Å². The third-order valence-electron chi connectivity index (χ3n) is 3.88. The summed E-state index contributed by atoms with van der Waals surface area (Å²) in [7, 11) is 0. The molecule has 0 aliphatic rings. The lowest BCUT2D eigenvalue weighted by Gasteiger charge is -2.12. The van der Waals surface area contributed by atoms with Crippen LogP contribution in [0, 0.1) is 0 Å². The Morgan fingerprint density at radius 3 is 2.05 bits per heavy atom. The van der Waals surface area contributed by atoms with Gasteiger partial charge in [0.05, 0.1) is 5.02 Å². The van der Waals surface area contributed by atoms with Gasteiger partial charge in [0.1, 0.15) is 5.75 Å². The lowest BCUT2D eigenvalue weighted by atomic mass is 9.99. The highest BCUT2D eigenvalue weighted by molar-refractivity contribution is 6.32. The van der Waals surface area contributed by atoms with Gasteiger partial charge in [0.25, 0.3) is 0 Å². The Hall–Kier alpha value is -0.690. The van der Waals surface area contributed by atoms with E-state index in [0.29, 0.717) is 5.75 Å². The SMILES string of the molecule is CCCCCCc1ccc(O)c(CCCCCC)c1Cl. The van der Waals surface area contributed by atoms with E-state index in [-0.39, 0.29) is 0 Å². The lowest BCUT2D eigenvalue weighted by molar-refractivity contribution is 0.466. The fraction of sp³-hybridized carbons (Fsp3) is 0.667. The second-order valence-electron chi connectivity index (χ2n) is 5.66. The average molecular weight is 297 g/mol. The Morgan fingerprint density at radius 2 is 1.45 bits per heavy atom. The van der Waals surface area contributed by atoms with Crippen LogP contribution in [0.3, 0.4) is 0 Å². The summed E-state index contributed by atoms with van der Waals surface area (Å²) in [5, 5.41) is 10.8. The van der Waals surface area contributed by atoms with Crippen LogP contribution in [-0.4, -0.2) is 5.11 Å². The van der Waals surface area contributed by atoms with Gasteiger partial charge in [-0.25, -0.2) is 0 Å². The second-order valence-corrected chi connectivity index (χ2v) is 6.04. The minimum Gasteiger partial charge on any atom is -0.508 e. The zero-order chi connectivity index (χ0) is 14.8. The predicted molar refractivity (Wildman–Crippen MR) is 88.8 cm³/mol. The van der Waals surface area contributed by atoms with Crippen LogP contribution in [-0.2, 0) is 12.8 Å². The van der Waals surface area contributed by atoms with Crippen LogP contribution in [0.25, 0.3) is 0 Å². The number of phenolic OH excluding ortho intramolecular Hbond substituents is 1. The first-order valence-electron chi connectivity index (χ1n) is 8.19. The smallest absolute Gasteiger partial charge is 0.120 e. The number of phenols is 1. The van der Waals surface area contributed by atoms with E-state index in [0.717, 1.165) is 29.8 Å². The molecule has 0 unspecified atom stereocenters. The summed E-state index contributed by atoms with van der Waals surface area (Å²) in [6.07, 6.45) is 11.7. The van der Waals surface area contributed by atoms with Crippen LogP contribution in [0.4, 0.5) is 0 Å². The van der Waals surface area contributed by atoms with Crippen molar-refractivity contribution in [3.63, 3.8) is 0 Å². The third kappa shape index (κ3) is 5.75. The van der Waals surface area contributed by atoms with Gasteiger partial charge in [0.2, 0.25) is 0 Å². The summed E-state index contributed by atoms with van der Waals surface area (Å²) in [5.41, 5.74) is 2.15. The van der Waals surface area contributed by atoms with Crippen LogP contribution < -0.4 is 0 Å². The maximum absolute atomic E-state index is 10.00. The minimum absolute atomic E-state index is 0.365. The molecule has 1 nitrogen and oxygen atoms in total. The highest BCUT2D eigenvalue weighted by Gasteiger charge is 2.10. The van der Waals surface area contributed by atoms with Gasteiger partial charge in [-0.15, -0.1) is 0 Å². The minimum atomic E-state index is 0.365. The van der Waals surface area contributed by atoms with Gasteiger partial charge < -0.3 is 5.11 Å². The van der Waals surface area contributed by atoms with Gasteiger partial charge in [0.15, 0.2) is 0 Å². The fourth-order valence-electron chi connectivity index (χ4n) is 2.56. The Labute approximate surface area is 129 Å². The van der Waals surface area contributed by atoms with Gasteiger partial charge in [-0.1, -0.05) is 70.0 Å². The topological polar surface area (TPSA) is 20.2 Å². The van der Waals surface area contributed by atoms with E-state index in [4.69, 9.17) is 11.6 Å². The zero-order valence-corrected chi connectivity index (χ0v) is 13.8. The summed E-state index contributed by atoms with van der Waals surface area (Å²) in [6, 6.07) is 3.80. The molecular weight excluding hydrogens is 268 g/mol. The van der Waals surface area contributed by atoms with E-state index < -0.39 is 0 Å². The van der Waals surface area contributed by atoms with Crippen LogP contribution in [0.15, 0.2) is 12.1 Å². The van der Waals surface area contributed by atoms with Crippen molar-refractivity contribution in [2.75, 3.05) is 0 Å². The van der Waals surface area contributed by atoms with Crippen molar-refractivity contribution < 1.29 is 5.11 Å². The molecule has 0 spiro atoms. The molecule has 0 fully saturated rings. The van der Waals surface area contributed by atoms with Crippen LogP contribution in [0.2, 0.25) is 5.02 Å². The molecule has 1 N–H and O–H groups in total. The van der Waals surface area contributed by atoms with Crippen molar-refractivity contribution in [1.82, 2.24) is 0 Å². The van der Waals surface area contributed by atoms with Gasteiger partial charge >= 0.3 is 0 Å². The molecule has 0 saturated carbocycles. The summed E-state index contributed by atoms with van der Waals surface area (Å²) in [6.45, 7) is 4.43. The normalized spacial score (nSPS) is 10.9. The van der Waals surface area contributed by atoms with Gasteiger partial charge in [-0.05, 0) is 37.3 Å². The van der Waals surface area contributed by atoms with Crippen molar-refractivity contribution in [1.29, 1.82) is 0 Å². The largest absolute Gasteiger partial charge is 0.508 e. The molecule has 1 aromatic carbocycles. The van der Waals surface area contributed by atoms with Gasteiger partial charge in [-0.3, -0.25) is 0 Å². The molecular formula is C18H29ClO. The van der Waals surface area contributed by atoms with E-state index in [9.17, 15) is 5.11 Å². The standard InChI is InChI=1S/C18H29ClO/c1-3-5-7-9-11-15-13-14-17(20)16(18(15)19)12-10-8-6-4-2/h13-14,20H,3-12H2,1-2H3. The number of hydrogen-bond acceptors (Lipinski definition) is 1. The van der Waals surface area contributed by atoms with Crippen molar-refractivity contribution in [3.8, 4) is 5.75 Å². The van der Waals surface area contributed by atoms with E-state index >= 15 is 0 Å². The first kappa shape index (κ1) is 17.4. The molecule has 114 valence electrons. The van der Waals surface area contributed by atoms with Crippen molar-refractivity contribution in [3.05, 3.63) is 28.3 Å². The van der Waals surface area contributed by atoms with Crippen LogP contribution in [0.5, 0.6) is 5.75 Å². The summed E-state index contributed by atoms with van der Waals surface area (Å²) in [4.78, 5) is 0. The first-order chi connectivity index (χ1) is 9.70. The molecule has 2 heteroatoms. The molecule has 0 saturated heterocycles. The number of aromatic hydroxyl groups is 1. The molecule has 0 radical (unpaired) electrons. The average Bonchev–Trinajstić information content (AvgIpc) is 2.44. The molecule has 0 aliphatic heterocycles. The molecule has 0 amide bonds. The number of halogens is 1. The molecule has 0 aromatic heterocycles. The quantitative estimate of drug-likeness (QED) is 0.503. The number of aryl methyl sites for hydroxylation is 1. The van der Waals surface area contributed by atoms with Crippen molar-refractivity contribution in [2.45, 2.75) is 78.1 Å². The van der Waals surface area contributed by atoms with E-state index in [1.807, 2.05) is 12.1 Å². The summed E-state index contributed by atoms with van der Waals surface area (Å²) >= 11 is 6.48. The molecule has 0 aliphatic carbocycles. The lowest BCUT2D eigenvalue weighted by Crippen LogP contribution is -1.95. The molecule has 1 aromatic rings. The molecule has 20 heavy (non-hydrogen) atoms.